The zero-order chi connectivity index (χ0) is 16.9. The molecule has 2 amide bonds. The third-order valence-corrected chi connectivity index (χ3v) is 4.19. The van der Waals surface area contributed by atoms with Crippen molar-refractivity contribution in [3.63, 3.8) is 0 Å². The van der Waals surface area contributed by atoms with Crippen LogP contribution in [0.2, 0.25) is 0 Å². The summed E-state index contributed by atoms with van der Waals surface area (Å²) in [7, 11) is 1.82. The van der Waals surface area contributed by atoms with Crippen LogP contribution in [-0.2, 0) is 11.8 Å². The van der Waals surface area contributed by atoms with Crippen LogP contribution in [0.4, 0.5) is 11.4 Å². The highest BCUT2D eigenvalue weighted by molar-refractivity contribution is 6.06. The van der Waals surface area contributed by atoms with Crippen LogP contribution >= 0.6 is 0 Å². The largest absolute Gasteiger partial charge is 0.347 e. The molecule has 3 rings (SSSR count). The summed E-state index contributed by atoms with van der Waals surface area (Å²) in [5.41, 5.74) is 1.78. The van der Waals surface area contributed by atoms with E-state index in [-0.39, 0.29) is 11.8 Å². The Morgan fingerprint density at radius 1 is 1.12 bits per heavy atom. The fourth-order valence-corrected chi connectivity index (χ4v) is 2.89. The van der Waals surface area contributed by atoms with Crippen molar-refractivity contribution in [2.45, 2.75) is 19.3 Å². The maximum absolute atomic E-state index is 12.4. The lowest BCUT2D eigenvalue weighted by Crippen LogP contribution is -2.19. The van der Waals surface area contributed by atoms with Crippen LogP contribution in [0.15, 0.2) is 54.7 Å². The van der Waals surface area contributed by atoms with Crippen LogP contribution in [-0.4, -0.2) is 16.4 Å². The number of nitrogens with zero attached hydrogens (tertiary/aromatic N) is 1. The zero-order valence-corrected chi connectivity index (χ0v) is 13.7. The van der Waals surface area contributed by atoms with Crippen LogP contribution in [0.25, 0.3) is 0 Å². The molecule has 124 valence electrons. The molecule has 5 nitrogen and oxygen atoms in total. The minimum absolute atomic E-state index is 0.0351. The first-order valence-electron chi connectivity index (χ1n) is 8.11. The van der Waals surface area contributed by atoms with Crippen molar-refractivity contribution in [3.05, 3.63) is 60.4 Å². The molecule has 0 unspecified atom stereocenters. The third-order valence-electron chi connectivity index (χ3n) is 4.19. The number of benzene rings is 1. The van der Waals surface area contributed by atoms with Gasteiger partial charge in [0, 0.05) is 19.7 Å². The van der Waals surface area contributed by atoms with Crippen LogP contribution in [0.3, 0.4) is 0 Å². The number of amides is 2. The summed E-state index contributed by atoms with van der Waals surface area (Å²) < 4.78 is 1.75. The third kappa shape index (κ3) is 3.74. The molecule has 0 saturated heterocycles. The van der Waals surface area contributed by atoms with Gasteiger partial charge in [-0.05, 0) is 43.0 Å². The predicted octanol–water partition coefficient (Wildman–Crippen LogP) is 3.57. The van der Waals surface area contributed by atoms with Gasteiger partial charge in [0.2, 0.25) is 5.91 Å². The van der Waals surface area contributed by atoms with Gasteiger partial charge >= 0.3 is 0 Å². The first kappa shape index (κ1) is 16.1. The van der Waals surface area contributed by atoms with Gasteiger partial charge in [-0.15, -0.1) is 0 Å². The summed E-state index contributed by atoms with van der Waals surface area (Å²) in [4.78, 5) is 24.6. The van der Waals surface area contributed by atoms with Crippen molar-refractivity contribution in [2.75, 3.05) is 10.6 Å². The van der Waals surface area contributed by atoms with Crippen LogP contribution in [0.1, 0.15) is 29.8 Å². The Bertz CT molecular complexity index is 776. The molecule has 24 heavy (non-hydrogen) atoms. The summed E-state index contributed by atoms with van der Waals surface area (Å²) in [5.74, 6) is 0.0742. The number of allylic oxidation sites excluding steroid dienone is 2. The molecular formula is C19H21N3O2. The van der Waals surface area contributed by atoms with Crippen LogP contribution < -0.4 is 10.6 Å². The summed E-state index contributed by atoms with van der Waals surface area (Å²) in [6.07, 6.45) is 8.57. The fourth-order valence-electron chi connectivity index (χ4n) is 2.89. The molecule has 0 spiro atoms. The van der Waals surface area contributed by atoms with Gasteiger partial charge in [-0.25, -0.2) is 0 Å². The van der Waals surface area contributed by atoms with E-state index >= 15 is 0 Å². The van der Waals surface area contributed by atoms with Crippen LogP contribution in [0, 0.1) is 5.92 Å². The van der Waals surface area contributed by atoms with Gasteiger partial charge in [0.15, 0.2) is 0 Å². The highest BCUT2D eigenvalue weighted by Crippen LogP contribution is 2.24. The Labute approximate surface area is 141 Å². The second-order valence-electron chi connectivity index (χ2n) is 6.02. The van der Waals surface area contributed by atoms with Crippen molar-refractivity contribution in [1.82, 2.24) is 4.57 Å². The monoisotopic (exact) mass is 323 g/mol. The average Bonchev–Trinajstić information content (AvgIpc) is 3.20. The minimum atomic E-state index is -0.206. The summed E-state index contributed by atoms with van der Waals surface area (Å²) in [6, 6.07) is 10.8. The number of anilines is 2. The van der Waals surface area contributed by atoms with E-state index in [2.05, 4.69) is 22.8 Å². The van der Waals surface area contributed by atoms with E-state index in [0.29, 0.717) is 29.4 Å². The molecule has 1 aliphatic rings. The second-order valence-corrected chi connectivity index (χ2v) is 6.02. The molecule has 1 aliphatic carbocycles. The Morgan fingerprint density at radius 2 is 1.88 bits per heavy atom. The number of aromatic nitrogens is 1. The lowest BCUT2D eigenvalue weighted by atomic mass is 10.0. The topological polar surface area (TPSA) is 63.1 Å². The maximum atomic E-state index is 12.4. The number of nitrogens with one attached hydrogen (secondary N) is 2. The first-order valence-corrected chi connectivity index (χ1v) is 8.11. The molecular weight excluding hydrogens is 302 g/mol. The number of carbonyl (C=O) groups is 2. The van der Waals surface area contributed by atoms with Gasteiger partial charge < -0.3 is 15.2 Å². The molecule has 1 aromatic carbocycles. The molecule has 5 heteroatoms. The summed E-state index contributed by atoms with van der Waals surface area (Å²) in [5, 5.41) is 5.77. The number of hydrogen-bond acceptors (Lipinski definition) is 2. The van der Waals surface area contributed by atoms with Gasteiger partial charge in [-0.3, -0.25) is 9.59 Å². The lowest BCUT2D eigenvalue weighted by molar-refractivity contribution is -0.116. The number of hydrogen-bond donors (Lipinski definition) is 2. The zero-order valence-electron chi connectivity index (χ0n) is 13.7. The SMILES string of the molecule is Cn1cccc1C(=O)Nc1ccccc1NC(=O)C[C@H]1C=CCC1. The smallest absolute Gasteiger partial charge is 0.272 e. The Balaban J connectivity index is 1.68. The summed E-state index contributed by atoms with van der Waals surface area (Å²) >= 11 is 0. The quantitative estimate of drug-likeness (QED) is 0.826. The molecule has 2 N–H and O–H groups in total. The van der Waals surface area contributed by atoms with Crippen molar-refractivity contribution < 1.29 is 9.59 Å². The summed E-state index contributed by atoms with van der Waals surface area (Å²) in [6.45, 7) is 0. The molecule has 0 bridgehead atoms. The predicted molar refractivity (Wildman–Crippen MR) is 94.9 cm³/mol. The van der Waals surface area contributed by atoms with Gasteiger partial charge in [-0.1, -0.05) is 24.3 Å². The Hall–Kier alpha value is -2.82. The molecule has 1 heterocycles. The van der Waals surface area contributed by atoms with E-state index in [1.54, 1.807) is 22.8 Å². The maximum Gasteiger partial charge on any atom is 0.272 e. The van der Waals surface area contributed by atoms with Gasteiger partial charge in [-0.2, -0.15) is 0 Å². The van der Waals surface area contributed by atoms with E-state index in [1.165, 1.54) is 0 Å². The van der Waals surface area contributed by atoms with E-state index < -0.39 is 0 Å². The van der Waals surface area contributed by atoms with Crippen molar-refractivity contribution >= 4 is 23.2 Å². The molecule has 0 aliphatic heterocycles. The second kappa shape index (κ2) is 7.17. The van der Waals surface area contributed by atoms with E-state index in [0.717, 1.165) is 12.8 Å². The molecule has 0 radical (unpaired) electrons. The molecule has 1 atom stereocenters. The number of carbonyl (C=O) groups excluding carboxylic acids is 2. The molecule has 2 aromatic rings. The number of aryl methyl sites for hydroxylation is 1. The molecule has 0 fully saturated rings. The van der Waals surface area contributed by atoms with Crippen molar-refractivity contribution in [1.29, 1.82) is 0 Å². The average molecular weight is 323 g/mol. The lowest BCUT2D eigenvalue weighted by Gasteiger charge is -2.13. The Morgan fingerprint density at radius 3 is 2.50 bits per heavy atom. The minimum Gasteiger partial charge on any atom is -0.347 e. The Kier molecular flexibility index (Phi) is 4.79. The standard InChI is InChI=1S/C19H21N3O2/c1-22-12-6-11-17(22)19(24)21-16-10-5-4-9-15(16)20-18(23)13-14-7-2-3-8-14/h2,4-7,9-12,14H,3,8,13H2,1H3,(H,20,23)(H,21,24)/t14-/m0/s1. The van der Waals surface area contributed by atoms with Gasteiger partial charge in [0.1, 0.15) is 5.69 Å². The number of rotatable bonds is 5. The van der Waals surface area contributed by atoms with Gasteiger partial charge in [0.05, 0.1) is 11.4 Å². The van der Waals surface area contributed by atoms with Crippen LogP contribution in [0.5, 0.6) is 0 Å². The molecule has 0 saturated carbocycles. The van der Waals surface area contributed by atoms with E-state index in [1.807, 2.05) is 31.4 Å². The fraction of sp³-hybridized carbons (Fsp3) is 0.263. The molecule has 1 aromatic heterocycles. The first-order chi connectivity index (χ1) is 11.6. The highest BCUT2D eigenvalue weighted by atomic mass is 16.2. The van der Waals surface area contributed by atoms with Crippen molar-refractivity contribution in [2.24, 2.45) is 13.0 Å². The van der Waals surface area contributed by atoms with Gasteiger partial charge in [0.25, 0.3) is 5.91 Å². The van der Waals surface area contributed by atoms with E-state index in [4.69, 9.17) is 0 Å². The highest BCUT2D eigenvalue weighted by Gasteiger charge is 2.16. The normalized spacial score (nSPS) is 16.1. The van der Waals surface area contributed by atoms with Crippen molar-refractivity contribution in [3.8, 4) is 0 Å². The number of para-hydroxylation sites is 2. The van der Waals surface area contributed by atoms with E-state index in [9.17, 15) is 9.59 Å².